The second kappa shape index (κ2) is 10.6. The number of fused-ring (bicyclic) bond motifs is 1. The van der Waals surface area contributed by atoms with E-state index in [2.05, 4.69) is 4.98 Å². The van der Waals surface area contributed by atoms with Crippen molar-refractivity contribution in [3.8, 4) is 0 Å². The Hall–Kier alpha value is -3.09. The summed E-state index contributed by atoms with van der Waals surface area (Å²) < 4.78 is 50.9. The Balaban J connectivity index is 1.54. The number of aromatic nitrogens is 2. The molecule has 3 aromatic rings. The Bertz CT molecular complexity index is 1490. The monoisotopic (exact) mass is 542 g/mol. The number of rotatable bonds is 9. The predicted molar refractivity (Wildman–Crippen MR) is 138 cm³/mol. The molecule has 0 spiro atoms. The SMILES string of the molecule is Cc1cn([C@@H]2O[C@@H]3[C@H](OCc4ccccc4)CC[C@]3(OCc3ccccc3)[C@H]2OS(C)(=O)=O)c(=O)[nH]c1=O. The van der Waals surface area contributed by atoms with Gasteiger partial charge in [-0.1, -0.05) is 60.7 Å². The first kappa shape index (κ1) is 26.5. The van der Waals surface area contributed by atoms with Gasteiger partial charge in [0.1, 0.15) is 11.7 Å². The topological polar surface area (TPSA) is 126 Å². The van der Waals surface area contributed by atoms with Crippen molar-refractivity contribution >= 4 is 10.1 Å². The largest absolute Gasteiger partial charge is 0.371 e. The Kier molecular flexibility index (Phi) is 7.38. The summed E-state index contributed by atoms with van der Waals surface area (Å²) in [6, 6.07) is 19.1. The van der Waals surface area contributed by atoms with Gasteiger partial charge in [-0.3, -0.25) is 18.5 Å². The molecule has 1 aromatic heterocycles. The van der Waals surface area contributed by atoms with Gasteiger partial charge in [0, 0.05) is 11.8 Å². The first-order valence-electron chi connectivity index (χ1n) is 12.4. The molecule has 5 atom stereocenters. The average Bonchev–Trinajstić information content (AvgIpc) is 3.38. The number of ether oxygens (including phenoxy) is 3. The van der Waals surface area contributed by atoms with Crippen LogP contribution in [0.25, 0.3) is 0 Å². The summed E-state index contributed by atoms with van der Waals surface area (Å²) in [6.45, 7) is 2.03. The highest BCUT2D eigenvalue weighted by molar-refractivity contribution is 7.86. The fourth-order valence-corrected chi connectivity index (χ4v) is 5.86. The van der Waals surface area contributed by atoms with Crippen LogP contribution in [-0.2, 0) is 41.7 Å². The van der Waals surface area contributed by atoms with Crippen molar-refractivity contribution in [3.05, 3.63) is 104 Å². The number of aryl methyl sites for hydroxylation is 1. The van der Waals surface area contributed by atoms with Gasteiger partial charge in [-0.15, -0.1) is 0 Å². The number of hydrogen-bond acceptors (Lipinski definition) is 8. The van der Waals surface area contributed by atoms with Crippen LogP contribution in [0.5, 0.6) is 0 Å². The standard InChI is InChI=1S/C27H30N2O8S/c1-18-15-29(26(31)28-24(18)30)25-23(37-38(2,32)33)27(35-17-20-11-7-4-8-12-20)14-13-21(22(27)36-25)34-16-19-9-5-3-6-10-19/h3-12,15,21-23,25H,13-14,16-17H2,1-2H3,(H,28,30,31)/t21-,22-,23+,25-,27-/m1/s1. The summed E-state index contributed by atoms with van der Waals surface area (Å²) >= 11 is 0. The Morgan fingerprint density at radius 1 is 1.03 bits per heavy atom. The van der Waals surface area contributed by atoms with Gasteiger partial charge in [0.25, 0.3) is 15.7 Å². The molecule has 10 nitrogen and oxygen atoms in total. The van der Waals surface area contributed by atoms with E-state index in [0.29, 0.717) is 19.4 Å². The van der Waals surface area contributed by atoms with Crippen molar-refractivity contribution in [1.82, 2.24) is 9.55 Å². The molecule has 2 aromatic carbocycles. The van der Waals surface area contributed by atoms with Gasteiger partial charge in [-0.2, -0.15) is 8.42 Å². The van der Waals surface area contributed by atoms with Crippen molar-refractivity contribution < 1.29 is 26.8 Å². The third-order valence-corrected chi connectivity index (χ3v) is 7.58. The lowest BCUT2D eigenvalue weighted by Crippen LogP contribution is -2.51. The van der Waals surface area contributed by atoms with Crippen molar-refractivity contribution in [2.75, 3.05) is 6.26 Å². The zero-order valence-corrected chi connectivity index (χ0v) is 21.9. The quantitative estimate of drug-likeness (QED) is 0.409. The second-order valence-corrected chi connectivity index (χ2v) is 11.4. The zero-order valence-electron chi connectivity index (χ0n) is 21.1. The summed E-state index contributed by atoms with van der Waals surface area (Å²) in [4.78, 5) is 27.1. The molecule has 0 bridgehead atoms. The lowest BCUT2D eigenvalue weighted by Gasteiger charge is -2.34. The van der Waals surface area contributed by atoms with E-state index in [4.69, 9.17) is 18.4 Å². The molecule has 202 valence electrons. The highest BCUT2D eigenvalue weighted by atomic mass is 32.2. The molecule has 2 heterocycles. The summed E-state index contributed by atoms with van der Waals surface area (Å²) in [5.41, 5.74) is -0.403. The minimum absolute atomic E-state index is 0.169. The van der Waals surface area contributed by atoms with E-state index in [0.717, 1.165) is 21.9 Å². The number of hydrogen-bond donors (Lipinski definition) is 1. The molecule has 5 rings (SSSR count). The van der Waals surface area contributed by atoms with Crippen molar-refractivity contribution in [3.63, 3.8) is 0 Å². The minimum atomic E-state index is -4.00. The maximum Gasteiger partial charge on any atom is 0.330 e. The molecule has 38 heavy (non-hydrogen) atoms. The molecule has 0 unspecified atom stereocenters. The summed E-state index contributed by atoms with van der Waals surface area (Å²) in [5.74, 6) is 0. The third kappa shape index (κ3) is 5.38. The van der Waals surface area contributed by atoms with Crippen molar-refractivity contribution in [1.29, 1.82) is 0 Å². The molecule has 1 aliphatic carbocycles. The van der Waals surface area contributed by atoms with Gasteiger partial charge in [-0.05, 0) is 30.9 Å². The van der Waals surface area contributed by atoms with E-state index < -0.39 is 51.5 Å². The molecule has 1 aliphatic heterocycles. The van der Waals surface area contributed by atoms with Gasteiger partial charge in [0.15, 0.2) is 12.3 Å². The van der Waals surface area contributed by atoms with Crippen LogP contribution in [0.2, 0.25) is 0 Å². The predicted octanol–water partition coefficient (Wildman–Crippen LogP) is 2.42. The Morgan fingerprint density at radius 3 is 2.29 bits per heavy atom. The van der Waals surface area contributed by atoms with E-state index in [1.807, 2.05) is 60.7 Å². The van der Waals surface area contributed by atoms with Gasteiger partial charge in [0.05, 0.1) is 25.6 Å². The van der Waals surface area contributed by atoms with Gasteiger partial charge in [-0.25, -0.2) is 4.79 Å². The molecular formula is C27H30N2O8S. The second-order valence-electron chi connectivity index (χ2n) is 9.75. The molecule has 2 fully saturated rings. The van der Waals surface area contributed by atoms with E-state index >= 15 is 0 Å². The maximum absolute atomic E-state index is 12.8. The molecule has 1 N–H and O–H groups in total. The molecule has 0 radical (unpaired) electrons. The molecule has 11 heteroatoms. The molecule has 2 aliphatic rings. The smallest absolute Gasteiger partial charge is 0.330 e. The Labute approximate surface area is 220 Å². The van der Waals surface area contributed by atoms with Crippen LogP contribution in [0.15, 0.2) is 76.4 Å². The fraction of sp³-hybridized carbons (Fsp3) is 0.407. The number of H-pyrrole nitrogens is 1. The zero-order chi connectivity index (χ0) is 26.9. The van der Waals surface area contributed by atoms with E-state index in [-0.39, 0.29) is 12.2 Å². The van der Waals surface area contributed by atoms with Gasteiger partial charge in [0.2, 0.25) is 0 Å². The lowest BCUT2D eigenvalue weighted by atomic mass is 9.93. The van der Waals surface area contributed by atoms with Crippen LogP contribution in [-0.4, -0.2) is 48.1 Å². The summed E-state index contributed by atoms with van der Waals surface area (Å²) in [7, 11) is -4.00. The number of benzene rings is 2. The van der Waals surface area contributed by atoms with Crippen LogP contribution >= 0.6 is 0 Å². The highest BCUT2D eigenvalue weighted by Crippen LogP contribution is 2.52. The highest BCUT2D eigenvalue weighted by Gasteiger charge is 2.66. The van der Waals surface area contributed by atoms with E-state index in [1.165, 1.54) is 6.20 Å². The molecule has 1 saturated heterocycles. The van der Waals surface area contributed by atoms with E-state index in [9.17, 15) is 18.0 Å². The van der Waals surface area contributed by atoms with Crippen LogP contribution in [0.1, 0.15) is 35.8 Å². The Morgan fingerprint density at radius 2 is 1.66 bits per heavy atom. The van der Waals surface area contributed by atoms with Gasteiger partial charge >= 0.3 is 5.69 Å². The summed E-state index contributed by atoms with van der Waals surface area (Å²) in [5, 5.41) is 0. The maximum atomic E-state index is 12.8. The normalized spacial score (nSPS) is 26.9. The number of nitrogens with one attached hydrogen (secondary N) is 1. The molecule has 1 saturated carbocycles. The summed E-state index contributed by atoms with van der Waals surface area (Å²) in [6.07, 6.45) is -0.402. The first-order valence-corrected chi connectivity index (χ1v) is 14.2. The van der Waals surface area contributed by atoms with Gasteiger partial charge < -0.3 is 14.2 Å². The third-order valence-electron chi connectivity index (χ3n) is 7.02. The van der Waals surface area contributed by atoms with Crippen molar-refractivity contribution in [2.24, 2.45) is 0 Å². The lowest BCUT2D eigenvalue weighted by molar-refractivity contribution is -0.139. The fourth-order valence-electron chi connectivity index (χ4n) is 5.23. The van der Waals surface area contributed by atoms with Crippen LogP contribution in [0.3, 0.4) is 0 Å². The first-order chi connectivity index (χ1) is 18.2. The van der Waals surface area contributed by atoms with Crippen LogP contribution in [0, 0.1) is 6.92 Å². The molecule has 0 amide bonds. The van der Waals surface area contributed by atoms with Crippen LogP contribution < -0.4 is 11.2 Å². The number of nitrogens with zero attached hydrogens (tertiary/aromatic N) is 1. The van der Waals surface area contributed by atoms with Crippen LogP contribution in [0.4, 0.5) is 0 Å². The molecular weight excluding hydrogens is 512 g/mol. The van der Waals surface area contributed by atoms with E-state index in [1.54, 1.807) is 6.92 Å². The van der Waals surface area contributed by atoms with Crippen molar-refractivity contribution in [2.45, 2.75) is 63.1 Å². The number of aromatic amines is 1. The average molecular weight is 543 g/mol. The minimum Gasteiger partial charge on any atom is -0.371 e.